The number of aromatic hydroxyl groups is 3. The number of benzene rings is 3. The van der Waals surface area contributed by atoms with Crippen LogP contribution in [0.15, 0.2) is 60.7 Å². The first-order valence-electron chi connectivity index (χ1n) is 8.00. The van der Waals surface area contributed by atoms with Crippen LogP contribution in [0.2, 0.25) is 0 Å². The molecule has 8 heteroatoms. The van der Waals surface area contributed by atoms with Gasteiger partial charge in [0.2, 0.25) is 0 Å². The highest BCUT2D eigenvalue weighted by Gasteiger charge is 2.14. The predicted molar refractivity (Wildman–Crippen MR) is 98.3 cm³/mol. The number of nitrogens with one attached hydrogen (secondary N) is 1. The molecule has 1 amide bonds. The highest BCUT2D eigenvalue weighted by molar-refractivity contribution is 6.04. The van der Waals surface area contributed by atoms with Gasteiger partial charge in [0.1, 0.15) is 22.5 Å². The molecule has 8 nitrogen and oxygen atoms in total. The van der Waals surface area contributed by atoms with E-state index in [1.54, 1.807) is 42.5 Å². The summed E-state index contributed by atoms with van der Waals surface area (Å²) in [6.07, 6.45) is 0. The summed E-state index contributed by atoms with van der Waals surface area (Å²) in [6, 6.07) is 16.0. The van der Waals surface area contributed by atoms with Crippen LogP contribution >= 0.6 is 0 Å². The fraction of sp³-hybridized carbons (Fsp3) is 0. The predicted octanol–water partition coefficient (Wildman–Crippen LogP) is 2.79. The maximum atomic E-state index is 12.3. The molecule has 134 valence electrons. The fourth-order valence-corrected chi connectivity index (χ4v) is 2.64. The lowest BCUT2D eigenvalue weighted by Gasteiger charge is -2.05. The van der Waals surface area contributed by atoms with Crippen LogP contribution in [-0.2, 0) is 0 Å². The number of aromatic nitrogens is 3. The Labute approximate surface area is 152 Å². The summed E-state index contributed by atoms with van der Waals surface area (Å²) in [5, 5.41) is 40.5. The topological polar surface area (TPSA) is 121 Å². The van der Waals surface area contributed by atoms with Gasteiger partial charge in [-0.15, -0.1) is 15.0 Å². The highest BCUT2D eigenvalue weighted by Crippen LogP contribution is 2.35. The van der Waals surface area contributed by atoms with Gasteiger partial charge in [0.05, 0.1) is 0 Å². The van der Waals surface area contributed by atoms with E-state index in [1.807, 2.05) is 6.07 Å². The molecule has 1 aromatic heterocycles. The monoisotopic (exact) mass is 362 g/mol. The zero-order chi connectivity index (χ0) is 19.0. The minimum Gasteiger partial charge on any atom is -0.508 e. The van der Waals surface area contributed by atoms with Crippen molar-refractivity contribution in [3.63, 3.8) is 0 Å². The van der Waals surface area contributed by atoms with Gasteiger partial charge < -0.3 is 20.6 Å². The number of phenolic OH excluding ortho intramolecular Hbond substituents is 3. The summed E-state index contributed by atoms with van der Waals surface area (Å²) in [4.78, 5) is 13.4. The van der Waals surface area contributed by atoms with Crippen molar-refractivity contribution in [2.45, 2.75) is 0 Å². The Kier molecular flexibility index (Phi) is 3.85. The van der Waals surface area contributed by atoms with E-state index < -0.39 is 11.5 Å². The van der Waals surface area contributed by atoms with Gasteiger partial charge in [-0.1, -0.05) is 18.2 Å². The molecule has 0 aliphatic carbocycles. The van der Waals surface area contributed by atoms with E-state index in [0.717, 1.165) is 10.9 Å². The van der Waals surface area contributed by atoms with Crippen LogP contribution in [0.3, 0.4) is 0 Å². The Morgan fingerprint density at radius 2 is 1.63 bits per heavy atom. The summed E-state index contributed by atoms with van der Waals surface area (Å²) in [7, 11) is 0. The standard InChI is InChI=1S/C19H14N4O4/c24-13-9-16(18(26)17(25)10-13)23-21-14-7-6-12(8-15(14)22-23)20-19(27)11-4-2-1-3-5-11/h1-10,24-26H,(H,20,27). The van der Waals surface area contributed by atoms with Crippen molar-refractivity contribution in [1.82, 2.24) is 15.0 Å². The number of amides is 1. The largest absolute Gasteiger partial charge is 0.508 e. The second kappa shape index (κ2) is 6.34. The zero-order valence-corrected chi connectivity index (χ0v) is 13.9. The van der Waals surface area contributed by atoms with Crippen LogP contribution in [0, 0.1) is 0 Å². The molecule has 0 unspecified atom stereocenters. The third-order valence-electron chi connectivity index (χ3n) is 3.94. The first kappa shape index (κ1) is 16.4. The lowest BCUT2D eigenvalue weighted by Crippen LogP contribution is -2.11. The van der Waals surface area contributed by atoms with Gasteiger partial charge in [-0.3, -0.25) is 4.79 Å². The second-order valence-electron chi connectivity index (χ2n) is 5.85. The molecule has 0 atom stereocenters. The smallest absolute Gasteiger partial charge is 0.255 e. The first-order chi connectivity index (χ1) is 13.0. The van der Waals surface area contributed by atoms with Crippen molar-refractivity contribution < 1.29 is 20.1 Å². The van der Waals surface area contributed by atoms with E-state index >= 15 is 0 Å². The number of hydrogen-bond acceptors (Lipinski definition) is 6. The first-order valence-corrected chi connectivity index (χ1v) is 8.00. The second-order valence-corrected chi connectivity index (χ2v) is 5.85. The van der Waals surface area contributed by atoms with Crippen LogP contribution < -0.4 is 5.32 Å². The molecule has 4 N–H and O–H groups in total. The fourth-order valence-electron chi connectivity index (χ4n) is 2.64. The zero-order valence-electron chi connectivity index (χ0n) is 13.9. The summed E-state index contributed by atoms with van der Waals surface area (Å²) < 4.78 is 0. The molecule has 0 saturated heterocycles. The number of fused-ring (bicyclic) bond motifs is 1. The third kappa shape index (κ3) is 3.11. The molecular weight excluding hydrogens is 348 g/mol. The summed E-state index contributed by atoms with van der Waals surface area (Å²) >= 11 is 0. The molecule has 0 saturated carbocycles. The van der Waals surface area contributed by atoms with Gasteiger partial charge in [0, 0.05) is 23.4 Å². The van der Waals surface area contributed by atoms with Gasteiger partial charge in [-0.25, -0.2) is 0 Å². The molecule has 27 heavy (non-hydrogen) atoms. The minimum absolute atomic E-state index is 0.0265. The molecule has 0 aliphatic heterocycles. The number of anilines is 1. The van der Waals surface area contributed by atoms with Crippen LogP contribution in [0.4, 0.5) is 5.69 Å². The molecule has 4 rings (SSSR count). The van der Waals surface area contributed by atoms with Crippen molar-refractivity contribution in [3.05, 3.63) is 66.2 Å². The van der Waals surface area contributed by atoms with Crippen molar-refractivity contribution in [1.29, 1.82) is 0 Å². The van der Waals surface area contributed by atoms with Crippen molar-refractivity contribution >= 4 is 22.6 Å². The molecule has 0 radical (unpaired) electrons. The number of carbonyl (C=O) groups is 1. The minimum atomic E-state index is -0.484. The van der Waals surface area contributed by atoms with Crippen molar-refractivity contribution in [2.24, 2.45) is 0 Å². The Hall–Kier alpha value is -4.07. The average Bonchev–Trinajstić information content (AvgIpc) is 3.08. The number of rotatable bonds is 3. The summed E-state index contributed by atoms with van der Waals surface area (Å²) in [6.45, 7) is 0. The number of phenols is 3. The normalized spacial score (nSPS) is 10.8. The van der Waals surface area contributed by atoms with Gasteiger partial charge in [-0.05, 0) is 30.3 Å². The molecule has 0 aliphatic rings. The van der Waals surface area contributed by atoms with Gasteiger partial charge >= 0.3 is 0 Å². The lowest BCUT2D eigenvalue weighted by atomic mass is 10.2. The SMILES string of the molecule is O=C(Nc1ccc2nn(-c3cc(O)cc(O)c3O)nc2c1)c1ccccc1. The quantitative estimate of drug-likeness (QED) is 0.328. The number of nitrogens with zero attached hydrogens (tertiary/aromatic N) is 3. The Morgan fingerprint density at radius 1 is 0.889 bits per heavy atom. The van der Waals surface area contributed by atoms with E-state index in [1.165, 1.54) is 6.07 Å². The Bertz CT molecular complexity index is 1160. The Balaban J connectivity index is 1.68. The van der Waals surface area contributed by atoms with E-state index in [-0.39, 0.29) is 17.3 Å². The maximum Gasteiger partial charge on any atom is 0.255 e. The molecular formula is C19H14N4O4. The molecule has 1 heterocycles. The molecule has 0 spiro atoms. The number of hydrogen-bond donors (Lipinski definition) is 4. The van der Waals surface area contributed by atoms with Gasteiger partial charge in [0.25, 0.3) is 5.91 Å². The van der Waals surface area contributed by atoms with E-state index in [0.29, 0.717) is 22.3 Å². The maximum absolute atomic E-state index is 12.3. The highest BCUT2D eigenvalue weighted by atomic mass is 16.3. The van der Waals surface area contributed by atoms with E-state index in [9.17, 15) is 20.1 Å². The van der Waals surface area contributed by atoms with Crippen LogP contribution in [0.5, 0.6) is 17.2 Å². The summed E-state index contributed by atoms with van der Waals surface area (Å²) in [5.41, 5.74) is 2.06. The molecule has 4 aromatic rings. The van der Waals surface area contributed by atoms with E-state index in [2.05, 4.69) is 15.5 Å². The molecule has 0 bridgehead atoms. The Morgan fingerprint density at radius 3 is 2.41 bits per heavy atom. The van der Waals surface area contributed by atoms with E-state index in [4.69, 9.17) is 0 Å². The molecule has 3 aromatic carbocycles. The van der Waals surface area contributed by atoms with Gasteiger partial charge in [-0.2, -0.15) is 0 Å². The third-order valence-corrected chi connectivity index (χ3v) is 3.94. The van der Waals surface area contributed by atoms with Crippen molar-refractivity contribution in [3.8, 4) is 22.9 Å². The van der Waals surface area contributed by atoms with Crippen LogP contribution in [-0.4, -0.2) is 36.2 Å². The lowest BCUT2D eigenvalue weighted by molar-refractivity contribution is 0.102. The number of carbonyl (C=O) groups excluding carboxylic acids is 1. The summed E-state index contributed by atoms with van der Waals surface area (Å²) in [5.74, 6) is -1.43. The average molecular weight is 362 g/mol. The van der Waals surface area contributed by atoms with Crippen LogP contribution in [0.1, 0.15) is 10.4 Å². The molecule has 0 fully saturated rings. The van der Waals surface area contributed by atoms with Crippen LogP contribution in [0.25, 0.3) is 16.7 Å². The van der Waals surface area contributed by atoms with Gasteiger partial charge in [0.15, 0.2) is 11.5 Å². The van der Waals surface area contributed by atoms with Crippen molar-refractivity contribution in [2.75, 3.05) is 5.32 Å².